The van der Waals surface area contributed by atoms with Crippen molar-refractivity contribution in [3.05, 3.63) is 93.8 Å². The summed E-state index contributed by atoms with van der Waals surface area (Å²) in [5.41, 5.74) is 0.403. The van der Waals surface area contributed by atoms with Gasteiger partial charge < -0.3 is 48.8 Å². The Kier molecular flexibility index (Phi) is 14.3. The lowest BCUT2D eigenvalue weighted by Crippen LogP contribution is -2.54. The van der Waals surface area contributed by atoms with Crippen LogP contribution in [0.1, 0.15) is 73.8 Å². The summed E-state index contributed by atoms with van der Waals surface area (Å²) < 4.78 is 53.4. The SMILES string of the molecule is COc1c(N2CCN(C(=O)OCOC(=O)C(CC(=O)O)NC(=O)CCCOC(=O)C(C)c3ccc(-c4ccccc4)c(F)c3)C(C)C2)c(F)cc2c(=O)c(C(=O)O)cn(C3CC3)c12. The van der Waals surface area contributed by atoms with Gasteiger partial charge in [-0.25, -0.2) is 23.2 Å². The van der Waals surface area contributed by atoms with Crippen LogP contribution in [0.15, 0.2) is 65.6 Å². The van der Waals surface area contributed by atoms with Crippen molar-refractivity contribution in [2.75, 3.05) is 45.0 Å². The highest BCUT2D eigenvalue weighted by molar-refractivity contribution is 5.97. The minimum Gasteiger partial charge on any atom is -0.492 e. The zero-order valence-corrected chi connectivity index (χ0v) is 34.6. The van der Waals surface area contributed by atoms with Crippen LogP contribution in [-0.2, 0) is 33.4 Å². The van der Waals surface area contributed by atoms with Crippen LogP contribution >= 0.6 is 0 Å². The standard InChI is InChI=1S/C44H46F2N4O13/c1-24-21-48(38-33(46)19-30-37(40(38)60-3)50(28-12-13-28)22-31(39(30)54)41(55)56)15-16-49(24)44(59)63-23-62-43(58)34(20-36(52)53)47-35(51)10-7-17-61-42(57)25(2)27-11-14-29(32(45)18-27)26-8-5-4-6-9-26/h4-6,8-9,11,14,18-19,22,24-25,28,34H,7,10,12-13,15-17,20-21,23H2,1-3H3,(H,47,51)(H,52,53)(H,55,56). The largest absolute Gasteiger partial charge is 0.492 e. The maximum atomic E-state index is 15.8. The van der Waals surface area contributed by atoms with Crippen LogP contribution in [0.2, 0.25) is 0 Å². The van der Waals surface area contributed by atoms with Gasteiger partial charge in [0.1, 0.15) is 23.1 Å². The molecule has 3 unspecified atom stereocenters. The molecule has 1 aromatic heterocycles. The first kappa shape index (κ1) is 45.5. The number of benzene rings is 3. The van der Waals surface area contributed by atoms with Crippen LogP contribution in [-0.4, -0.2) is 108 Å². The van der Waals surface area contributed by atoms with Gasteiger partial charge in [-0.05, 0) is 56.4 Å². The normalized spacial score (nSPS) is 15.9. The molecule has 3 aromatic carbocycles. The predicted molar refractivity (Wildman–Crippen MR) is 220 cm³/mol. The average Bonchev–Trinajstić information content (AvgIpc) is 4.10. The summed E-state index contributed by atoms with van der Waals surface area (Å²) in [7, 11) is 1.32. The van der Waals surface area contributed by atoms with Gasteiger partial charge in [0.15, 0.2) is 11.6 Å². The van der Waals surface area contributed by atoms with Crippen molar-refractivity contribution in [2.45, 2.75) is 70.0 Å². The number of carboxylic acids is 2. The van der Waals surface area contributed by atoms with Gasteiger partial charge in [0, 0.05) is 49.9 Å². The summed E-state index contributed by atoms with van der Waals surface area (Å²) in [6, 6.07) is 12.0. The minimum atomic E-state index is -1.65. The number of aliphatic carboxylic acids is 1. The lowest BCUT2D eigenvalue weighted by Gasteiger charge is -2.40. The number of rotatable bonds is 17. The van der Waals surface area contributed by atoms with Gasteiger partial charge in [-0.15, -0.1) is 0 Å². The number of pyridine rings is 1. The highest BCUT2D eigenvalue weighted by Gasteiger charge is 2.35. The molecule has 0 radical (unpaired) electrons. The molecule has 1 saturated carbocycles. The molecule has 17 nitrogen and oxygen atoms in total. The summed E-state index contributed by atoms with van der Waals surface area (Å²) in [5.74, 6) is -7.56. The number of carbonyl (C=O) groups is 6. The number of piperazine rings is 1. The second-order valence-corrected chi connectivity index (χ2v) is 15.2. The van der Waals surface area contributed by atoms with E-state index in [9.17, 15) is 48.2 Å². The summed E-state index contributed by atoms with van der Waals surface area (Å²) in [6.07, 6.45) is 0.711. The molecule has 1 saturated heterocycles. The van der Waals surface area contributed by atoms with Crippen LogP contribution in [0.5, 0.6) is 5.75 Å². The highest BCUT2D eigenvalue weighted by Crippen LogP contribution is 2.44. The second-order valence-electron chi connectivity index (χ2n) is 15.2. The number of ether oxygens (including phenoxy) is 4. The molecule has 3 N–H and O–H groups in total. The third-order valence-corrected chi connectivity index (χ3v) is 10.9. The van der Waals surface area contributed by atoms with Crippen molar-refractivity contribution in [3.8, 4) is 16.9 Å². The highest BCUT2D eigenvalue weighted by atomic mass is 19.1. The van der Waals surface area contributed by atoms with E-state index in [1.54, 1.807) is 59.7 Å². The van der Waals surface area contributed by atoms with Gasteiger partial charge in [0.2, 0.25) is 18.1 Å². The third-order valence-electron chi connectivity index (χ3n) is 10.9. The monoisotopic (exact) mass is 876 g/mol. The quantitative estimate of drug-likeness (QED) is 0.0704. The maximum Gasteiger partial charge on any atom is 0.413 e. The Morgan fingerprint density at radius 1 is 0.921 bits per heavy atom. The Hall–Kier alpha value is -7.05. The molecule has 334 valence electrons. The number of amides is 2. The number of carbonyl (C=O) groups excluding carboxylic acids is 4. The number of nitrogens with one attached hydrogen (secondary N) is 1. The summed E-state index contributed by atoms with van der Waals surface area (Å²) in [4.78, 5) is 90.5. The van der Waals surface area contributed by atoms with E-state index in [1.807, 2.05) is 6.07 Å². The molecule has 2 amide bonds. The molecular weight excluding hydrogens is 830 g/mol. The molecule has 1 aliphatic heterocycles. The second kappa shape index (κ2) is 19.8. The minimum absolute atomic E-state index is 0.00822. The first-order valence-electron chi connectivity index (χ1n) is 20.2. The molecule has 6 rings (SSSR count). The zero-order valence-electron chi connectivity index (χ0n) is 34.6. The van der Waals surface area contributed by atoms with Gasteiger partial charge in [-0.3, -0.25) is 19.2 Å². The van der Waals surface area contributed by atoms with E-state index in [-0.39, 0.29) is 67.5 Å². The van der Waals surface area contributed by atoms with Crippen LogP contribution in [0.3, 0.4) is 0 Å². The molecule has 3 atom stereocenters. The zero-order chi connectivity index (χ0) is 45.5. The Morgan fingerprint density at radius 2 is 1.65 bits per heavy atom. The first-order valence-corrected chi connectivity index (χ1v) is 20.2. The van der Waals surface area contributed by atoms with Crippen molar-refractivity contribution >= 4 is 52.5 Å². The van der Waals surface area contributed by atoms with Crippen LogP contribution in [0.4, 0.5) is 19.3 Å². The van der Waals surface area contributed by atoms with Gasteiger partial charge in [0.25, 0.3) is 0 Å². The van der Waals surface area contributed by atoms with Crippen molar-refractivity contribution in [1.82, 2.24) is 14.8 Å². The van der Waals surface area contributed by atoms with Crippen LogP contribution in [0, 0.1) is 11.6 Å². The van der Waals surface area contributed by atoms with E-state index in [2.05, 4.69) is 5.32 Å². The molecule has 2 fully saturated rings. The molecule has 0 bridgehead atoms. The molecule has 2 heterocycles. The van der Waals surface area contributed by atoms with Gasteiger partial charge in [0.05, 0.1) is 37.0 Å². The number of esters is 2. The number of aromatic nitrogens is 1. The Morgan fingerprint density at radius 3 is 2.29 bits per heavy atom. The molecule has 0 spiro atoms. The molecule has 2 aliphatic rings. The number of methoxy groups -OCH3 is 1. The van der Waals surface area contributed by atoms with E-state index in [4.69, 9.17) is 18.9 Å². The Balaban J connectivity index is 0.973. The first-order chi connectivity index (χ1) is 30.1. The number of carboxylic acid groups (broad SMARTS) is 2. The van der Waals surface area contributed by atoms with E-state index in [0.29, 0.717) is 16.7 Å². The van der Waals surface area contributed by atoms with Gasteiger partial charge in [-0.1, -0.05) is 42.5 Å². The predicted octanol–water partition coefficient (Wildman–Crippen LogP) is 5.22. The van der Waals surface area contributed by atoms with Gasteiger partial charge >= 0.3 is 30.0 Å². The lowest BCUT2D eigenvalue weighted by molar-refractivity contribution is -0.159. The summed E-state index contributed by atoms with van der Waals surface area (Å²) in [5, 5.41) is 21.1. The summed E-state index contributed by atoms with van der Waals surface area (Å²) >= 11 is 0. The van der Waals surface area contributed by atoms with Crippen LogP contribution < -0.4 is 20.4 Å². The fourth-order valence-corrected chi connectivity index (χ4v) is 7.43. The number of hydrogen-bond acceptors (Lipinski definition) is 12. The third kappa shape index (κ3) is 10.5. The molecule has 1 aliphatic carbocycles. The van der Waals surface area contributed by atoms with Crippen molar-refractivity contribution in [2.24, 2.45) is 0 Å². The fourth-order valence-electron chi connectivity index (χ4n) is 7.43. The molecule has 63 heavy (non-hydrogen) atoms. The van der Waals surface area contributed by atoms with Gasteiger partial charge in [-0.2, -0.15) is 0 Å². The fraction of sp³-hybridized carbons (Fsp3) is 0.386. The maximum absolute atomic E-state index is 15.8. The average molecular weight is 877 g/mol. The van der Waals surface area contributed by atoms with Crippen LogP contribution in [0.25, 0.3) is 22.0 Å². The van der Waals surface area contributed by atoms with Crippen molar-refractivity contribution in [1.29, 1.82) is 0 Å². The molecular formula is C44H46F2N4O13. The number of hydrogen-bond donors (Lipinski definition) is 3. The molecule has 4 aromatic rings. The smallest absolute Gasteiger partial charge is 0.413 e. The summed E-state index contributed by atoms with van der Waals surface area (Å²) in [6.45, 7) is 2.25. The van der Waals surface area contributed by atoms with E-state index >= 15 is 4.39 Å². The Bertz CT molecular complexity index is 2480. The topological polar surface area (TPSA) is 220 Å². The number of nitrogens with zero attached hydrogens (tertiary/aromatic N) is 3. The van der Waals surface area contributed by atoms with E-state index in [0.717, 1.165) is 18.9 Å². The van der Waals surface area contributed by atoms with Crippen molar-refractivity contribution in [3.63, 3.8) is 0 Å². The number of anilines is 1. The number of aromatic carboxylic acids is 1. The number of halogens is 2. The van der Waals surface area contributed by atoms with Crippen molar-refractivity contribution < 1.29 is 66.7 Å². The Labute approximate surface area is 359 Å². The molecule has 19 heteroatoms. The number of fused-ring (bicyclic) bond motifs is 1. The lowest BCUT2D eigenvalue weighted by atomic mass is 9.97. The van der Waals surface area contributed by atoms with E-state index in [1.165, 1.54) is 24.3 Å². The van der Waals surface area contributed by atoms with E-state index < -0.39 is 89.7 Å².